The van der Waals surface area contributed by atoms with E-state index in [1.165, 1.54) is 11.0 Å². The topological polar surface area (TPSA) is 85.5 Å². The molecule has 2 amide bonds. The van der Waals surface area contributed by atoms with Crippen LogP contribution in [0.15, 0.2) is 35.1 Å². The highest BCUT2D eigenvalue weighted by Crippen LogP contribution is 2.16. The van der Waals surface area contributed by atoms with E-state index in [1.54, 1.807) is 30.1 Å². The number of fused-ring (bicyclic) bond motifs is 1. The first-order chi connectivity index (χ1) is 11.6. The maximum atomic E-state index is 12.7. The van der Waals surface area contributed by atoms with Crippen LogP contribution in [-0.2, 0) is 4.79 Å². The van der Waals surface area contributed by atoms with Crippen molar-refractivity contribution in [3.8, 4) is 0 Å². The van der Waals surface area contributed by atoms with E-state index in [-0.39, 0.29) is 23.9 Å². The van der Waals surface area contributed by atoms with Gasteiger partial charge in [0.15, 0.2) is 0 Å². The van der Waals surface area contributed by atoms with Gasteiger partial charge in [-0.3, -0.25) is 14.4 Å². The summed E-state index contributed by atoms with van der Waals surface area (Å²) in [7, 11) is 1.58. The van der Waals surface area contributed by atoms with Crippen LogP contribution in [-0.4, -0.2) is 66.4 Å². The molecule has 2 aromatic rings. The Labute approximate surface area is 139 Å². The number of aromatic amines is 1. The predicted octanol–water partition coefficient (Wildman–Crippen LogP) is 0.0319. The number of nitrogens with one attached hydrogen (secondary N) is 2. The van der Waals surface area contributed by atoms with Crippen molar-refractivity contribution in [2.45, 2.75) is 0 Å². The largest absolute Gasteiger partial charge is 0.339 e. The van der Waals surface area contributed by atoms with Crippen LogP contribution in [0.4, 0.5) is 0 Å². The Morgan fingerprint density at radius 1 is 1.21 bits per heavy atom. The van der Waals surface area contributed by atoms with Gasteiger partial charge in [0.05, 0.1) is 12.1 Å². The monoisotopic (exact) mass is 328 g/mol. The minimum atomic E-state index is -0.334. The number of piperazine rings is 1. The molecular weight excluding hydrogens is 308 g/mol. The Kier molecular flexibility index (Phi) is 4.61. The summed E-state index contributed by atoms with van der Waals surface area (Å²) in [6, 6.07) is 8.42. The van der Waals surface area contributed by atoms with Gasteiger partial charge in [-0.15, -0.1) is 0 Å². The van der Waals surface area contributed by atoms with Gasteiger partial charge in [0.2, 0.25) is 11.5 Å². The first-order valence-electron chi connectivity index (χ1n) is 7.92. The molecule has 0 radical (unpaired) electrons. The highest BCUT2D eigenvalue weighted by atomic mass is 16.2. The molecule has 1 aromatic heterocycles. The average molecular weight is 328 g/mol. The minimum absolute atomic E-state index is 0.0000404. The molecule has 7 heteroatoms. The number of para-hydroxylation sites is 1. The van der Waals surface area contributed by atoms with Crippen molar-refractivity contribution in [2.24, 2.45) is 0 Å². The van der Waals surface area contributed by atoms with Gasteiger partial charge in [0.1, 0.15) is 0 Å². The Morgan fingerprint density at radius 2 is 1.92 bits per heavy atom. The molecule has 1 aromatic carbocycles. The maximum absolute atomic E-state index is 12.7. The van der Waals surface area contributed by atoms with Crippen LogP contribution in [0.5, 0.6) is 0 Å². The number of likely N-dealkylation sites (N-methyl/N-ethyl adjacent to an activating group) is 1. The predicted molar refractivity (Wildman–Crippen MR) is 91.0 cm³/mol. The fourth-order valence-corrected chi connectivity index (χ4v) is 2.88. The molecular formula is C17H20N4O3. The van der Waals surface area contributed by atoms with Crippen LogP contribution in [0.25, 0.3) is 10.9 Å². The Bertz CT molecular complexity index is 824. The second-order valence-corrected chi connectivity index (χ2v) is 5.88. The minimum Gasteiger partial charge on any atom is -0.339 e. The molecule has 2 heterocycles. The number of hydrogen-bond acceptors (Lipinski definition) is 4. The number of nitrogens with zero attached hydrogens (tertiary/aromatic N) is 2. The zero-order valence-corrected chi connectivity index (χ0v) is 13.5. The second-order valence-electron chi connectivity index (χ2n) is 5.88. The highest BCUT2D eigenvalue weighted by molar-refractivity contribution is 6.06. The third kappa shape index (κ3) is 3.30. The summed E-state index contributed by atoms with van der Waals surface area (Å²) in [5.74, 6) is -0.415. The molecule has 1 aliphatic rings. The first kappa shape index (κ1) is 16.2. The fourth-order valence-electron chi connectivity index (χ4n) is 2.88. The molecule has 1 aliphatic heterocycles. The van der Waals surface area contributed by atoms with Crippen LogP contribution < -0.4 is 10.9 Å². The zero-order chi connectivity index (χ0) is 17.1. The Morgan fingerprint density at radius 3 is 2.67 bits per heavy atom. The van der Waals surface area contributed by atoms with Crippen molar-refractivity contribution in [1.29, 1.82) is 0 Å². The molecule has 2 N–H and O–H groups in total. The Balaban J connectivity index is 1.81. The summed E-state index contributed by atoms with van der Waals surface area (Å²) in [5, 5.41) is 3.86. The van der Waals surface area contributed by atoms with Gasteiger partial charge in [-0.1, -0.05) is 18.2 Å². The Hall–Kier alpha value is -2.67. The zero-order valence-electron chi connectivity index (χ0n) is 13.5. The van der Waals surface area contributed by atoms with Crippen LogP contribution >= 0.6 is 0 Å². The molecule has 24 heavy (non-hydrogen) atoms. The molecule has 0 spiro atoms. The average Bonchev–Trinajstić information content (AvgIpc) is 2.61. The van der Waals surface area contributed by atoms with E-state index in [2.05, 4.69) is 10.3 Å². The SMILES string of the molecule is CN(CC(=O)N1CCNCC1)C(=O)c1cc(=O)[nH]c2ccccc12. The molecule has 3 rings (SSSR count). The highest BCUT2D eigenvalue weighted by Gasteiger charge is 2.22. The van der Waals surface area contributed by atoms with Crippen LogP contribution in [0.3, 0.4) is 0 Å². The number of rotatable bonds is 3. The van der Waals surface area contributed by atoms with Gasteiger partial charge in [0.25, 0.3) is 5.91 Å². The fraction of sp³-hybridized carbons (Fsp3) is 0.353. The number of carbonyl (C=O) groups is 2. The summed E-state index contributed by atoms with van der Waals surface area (Å²) in [4.78, 5) is 42.6. The summed E-state index contributed by atoms with van der Waals surface area (Å²) >= 11 is 0. The van der Waals surface area contributed by atoms with Gasteiger partial charge in [-0.2, -0.15) is 0 Å². The number of hydrogen-bond donors (Lipinski definition) is 2. The number of H-pyrrole nitrogens is 1. The summed E-state index contributed by atoms with van der Waals surface area (Å²) in [6.07, 6.45) is 0. The van der Waals surface area contributed by atoms with Gasteiger partial charge >= 0.3 is 0 Å². The van der Waals surface area contributed by atoms with Crippen LogP contribution in [0, 0.1) is 0 Å². The smallest absolute Gasteiger partial charge is 0.254 e. The number of carbonyl (C=O) groups excluding carboxylic acids is 2. The van der Waals surface area contributed by atoms with Gasteiger partial charge < -0.3 is 20.1 Å². The van der Waals surface area contributed by atoms with E-state index < -0.39 is 0 Å². The maximum Gasteiger partial charge on any atom is 0.254 e. The third-order valence-corrected chi connectivity index (χ3v) is 4.17. The molecule has 0 saturated carbocycles. The van der Waals surface area contributed by atoms with Gasteiger partial charge in [-0.25, -0.2) is 0 Å². The molecule has 0 unspecified atom stereocenters. The molecule has 1 saturated heterocycles. The van der Waals surface area contributed by atoms with Gasteiger partial charge in [0, 0.05) is 50.2 Å². The van der Waals surface area contributed by atoms with Crippen molar-refractivity contribution in [3.05, 3.63) is 46.2 Å². The lowest BCUT2D eigenvalue weighted by atomic mass is 10.1. The quantitative estimate of drug-likeness (QED) is 0.832. The number of aromatic nitrogens is 1. The van der Waals surface area contributed by atoms with E-state index in [9.17, 15) is 14.4 Å². The van der Waals surface area contributed by atoms with E-state index in [1.807, 2.05) is 6.07 Å². The lowest BCUT2D eigenvalue weighted by Crippen LogP contribution is -2.49. The molecule has 7 nitrogen and oxygen atoms in total. The molecule has 0 aliphatic carbocycles. The molecule has 1 fully saturated rings. The number of pyridine rings is 1. The van der Waals surface area contributed by atoms with E-state index in [0.717, 1.165) is 13.1 Å². The van der Waals surface area contributed by atoms with Crippen molar-refractivity contribution in [1.82, 2.24) is 20.1 Å². The standard InChI is InChI=1S/C17H20N4O3/c1-20(11-16(23)21-8-6-18-7-9-21)17(24)13-10-15(22)19-14-5-3-2-4-12(13)14/h2-5,10,18H,6-9,11H2,1H3,(H,19,22). The molecule has 126 valence electrons. The van der Waals surface area contributed by atoms with Crippen LogP contribution in [0.2, 0.25) is 0 Å². The van der Waals surface area contributed by atoms with Crippen LogP contribution in [0.1, 0.15) is 10.4 Å². The van der Waals surface area contributed by atoms with E-state index in [0.29, 0.717) is 29.6 Å². The summed E-state index contributed by atoms with van der Waals surface area (Å²) in [6.45, 7) is 2.83. The van der Waals surface area contributed by atoms with Crippen molar-refractivity contribution >= 4 is 22.7 Å². The molecule has 0 atom stereocenters. The van der Waals surface area contributed by atoms with Gasteiger partial charge in [-0.05, 0) is 6.07 Å². The van der Waals surface area contributed by atoms with E-state index in [4.69, 9.17) is 0 Å². The van der Waals surface area contributed by atoms with Crippen molar-refractivity contribution < 1.29 is 9.59 Å². The number of amides is 2. The summed E-state index contributed by atoms with van der Waals surface area (Å²) in [5.41, 5.74) is 0.582. The third-order valence-electron chi connectivity index (χ3n) is 4.17. The normalized spacial score (nSPS) is 14.6. The summed E-state index contributed by atoms with van der Waals surface area (Å²) < 4.78 is 0. The van der Waals surface area contributed by atoms with Crippen molar-refractivity contribution in [3.63, 3.8) is 0 Å². The van der Waals surface area contributed by atoms with E-state index >= 15 is 0 Å². The first-order valence-corrected chi connectivity index (χ1v) is 7.92. The molecule has 0 bridgehead atoms. The number of benzene rings is 1. The second kappa shape index (κ2) is 6.84. The van der Waals surface area contributed by atoms with Crippen molar-refractivity contribution in [2.75, 3.05) is 39.8 Å². The lowest BCUT2D eigenvalue weighted by Gasteiger charge is -2.29. The lowest BCUT2D eigenvalue weighted by molar-refractivity contribution is -0.132.